The van der Waals surface area contributed by atoms with E-state index in [2.05, 4.69) is 6.58 Å². The summed E-state index contributed by atoms with van der Waals surface area (Å²) in [6, 6.07) is 0. The first-order valence-electron chi connectivity index (χ1n) is 4.24. The molecular weight excluding hydrogens is 156 g/mol. The third-order valence-electron chi connectivity index (χ3n) is 2.10. The molecule has 1 rings (SSSR count). The predicted octanol–water partition coefficient (Wildman–Crippen LogP) is 2.56. The summed E-state index contributed by atoms with van der Waals surface area (Å²) < 4.78 is 0. The summed E-state index contributed by atoms with van der Waals surface area (Å²) in [5.41, 5.74) is 0. The molecule has 0 amide bonds. The molecule has 0 aromatic carbocycles. The van der Waals surface area contributed by atoms with Crippen molar-refractivity contribution in [2.45, 2.75) is 37.0 Å². The van der Waals surface area contributed by atoms with Gasteiger partial charge in [-0.3, -0.25) is 0 Å². The maximum atomic E-state index is 9.92. The second kappa shape index (κ2) is 4.17. The minimum Gasteiger partial charge on any atom is -0.380 e. The molecule has 0 atom stereocenters. The molecule has 0 spiro atoms. The quantitative estimate of drug-likeness (QED) is 0.521. The number of hydrogen-bond donors (Lipinski definition) is 1. The highest BCUT2D eigenvalue weighted by Crippen LogP contribution is 2.37. The van der Waals surface area contributed by atoms with Crippen LogP contribution in [0.15, 0.2) is 12.7 Å². The predicted molar refractivity (Wildman–Crippen MR) is 50.7 cm³/mol. The van der Waals surface area contributed by atoms with Gasteiger partial charge >= 0.3 is 0 Å². The highest BCUT2D eigenvalue weighted by molar-refractivity contribution is 8.00. The molecule has 0 aromatic heterocycles. The Hall–Kier alpha value is 0.0500. The van der Waals surface area contributed by atoms with Crippen molar-refractivity contribution in [1.29, 1.82) is 0 Å². The zero-order chi connectivity index (χ0) is 8.16. The van der Waals surface area contributed by atoms with E-state index >= 15 is 0 Å². The van der Waals surface area contributed by atoms with Crippen LogP contribution in [0.3, 0.4) is 0 Å². The van der Waals surface area contributed by atoms with Crippen LogP contribution in [0, 0.1) is 0 Å². The summed E-state index contributed by atoms with van der Waals surface area (Å²) in [5, 5.41) is 9.92. The van der Waals surface area contributed by atoms with E-state index in [-0.39, 0.29) is 0 Å². The first-order chi connectivity index (χ1) is 5.27. The van der Waals surface area contributed by atoms with Crippen LogP contribution in [0.5, 0.6) is 0 Å². The molecule has 1 N–H and O–H groups in total. The molecule has 0 aliphatic heterocycles. The molecule has 0 heterocycles. The van der Waals surface area contributed by atoms with Crippen molar-refractivity contribution in [3.8, 4) is 0 Å². The Bertz CT molecular complexity index is 128. The minimum absolute atomic E-state index is 0.424. The van der Waals surface area contributed by atoms with Gasteiger partial charge in [0, 0.05) is 5.75 Å². The largest absolute Gasteiger partial charge is 0.380 e. The smallest absolute Gasteiger partial charge is 0.110 e. The Morgan fingerprint density at radius 2 is 2.00 bits per heavy atom. The molecule has 0 radical (unpaired) electrons. The second-order valence-electron chi connectivity index (χ2n) is 3.11. The maximum absolute atomic E-state index is 9.92. The molecule has 0 unspecified atom stereocenters. The Balaban J connectivity index is 2.30. The van der Waals surface area contributed by atoms with Crippen molar-refractivity contribution < 1.29 is 5.11 Å². The summed E-state index contributed by atoms with van der Waals surface area (Å²) in [6.07, 6.45) is 7.44. The van der Waals surface area contributed by atoms with E-state index in [1.54, 1.807) is 11.8 Å². The van der Waals surface area contributed by atoms with Gasteiger partial charge in [0.1, 0.15) is 4.93 Å². The maximum Gasteiger partial charge on any atom is 0.110 e. The Morgan fingerprint density at radius 3 is 2.55 bits per heavy atom. The zero-order valence-corrected chi connectivity index (χ0v) is 7.70. The van der Waals surface area contributed by atoms with Gasteiger partial charge in [0.05, 0.1) is 0 Å². The van der Waals surface area contributed by atoms with Gasteiger partial charge in [-0.05, 0) is 25.7 Å². The monoisotopic (exact) mass is 172 g/mol. The van der Waals surface area contributed by atoms with Crippen molar-refractivity contribution in [2.24, 2.45) is 0 Å². The van der Waals surface area contributed by atoms with Crippen molar-refractivity contribution in [1.82, 2.24) is 0 Å². The molecular formula is C9H16OS. The second-order valence-corrected chi connectivity index (χ2v) is 4.49. The Kier molecular flexibility index (Phi) is 3.46. The Morgan fingerprint density at radius 1 is 1.36 bits per heavy atom. The van der Waals surface area contributed by atoms with E-state index in [9.17, 15) is 5.11 Å². The van der Waals surface area contributed by atoms with Crippen LogP contribution in [0.25, 0.3) is 0 Å². The number of aliphatic hydroxyl groups is 1. The van der Waals surface area contributed by atoms with Crippen LogP contribution in [0.1, 0.15) is 32.1 Å². The average molecular weight is 172 g/mol. The topological polar surface area (TPSA) is 20.2 Å². The molecule has 1 nitrogen and oxygen atoms in total. The highest BCUT2D eigenvalue weighted by Gasteiger charge is 2.28. The van der Waals surface area contributed by atoms with Gasteiger partial charge in [0.25, 0.3) is 0 Å². The average Bonchev–Trinajstić information content (AvgIpc) is 2.03. The summed E-state index contributed by atoms with van der Waals surface area (Å²) in [6.45, 7) is 3.64. The molecule has 0 aromatic rings. The highest BCUT2D eigenvalue weighted by atomic mass is 32.2. The summed E-state index contributed by atoms with van der Waals surface area (Å²) in [5.74, 6) is 0.872. The van der Waals surface area contributed by atoms with Gasteiger partial charge in [0.2, 0.25) is 0 Å². The first kappa shape index (κ1) is 9.14. The van der Waals surface area contributed by atoms with E-state index in [1.165, 1.54) is 19.3 Å². The lowest BCUT2D eigenvalue weighted by Crippen LogP contribution is -2.27. The van der Waals surface area contributed by atoms with Gasteiger partial charge in [0.15, 0.2) is 0 Å². The molecule has 2 heteroatoms. The molecule has 11 heavy (non-hydrogen) atoms. The summed E-state index contributed by atoms with van der Waals surface area (Å²) >= 11 is 1.64. The van der Waals surface area contributed by atoms with Crippen molar-refractivity contribution in [2.75, 3.05) is 5.75 Å². The van der Waals surface area contributed by atoms with Crippen LogP contribution in [0.2, 0.25) is 0 Å². The summed E-state index contributed by atoms with van der Waals surface area (Å²) in [7, 11) is 0. The van der Waals surface area contributed by atoms with E-state index in [0.717, 1.165) is 18.6 Å². The minimum atomic E-state index is -0.424. The lowest BCUT2D eigenvalue weighted by Gasteiger charge is -2.30. The third-order valence-corrected chi connectivity index (χ3v) is 3.45. The third kappa shape index (κ3) is 2.88. The van der Waals surface area contributed by atoms with Crippen LogP contribution in [-0.2, 0) is 0 Å². The van der Waals surface area contributed by atoms with Crippen molar-refractivity contribution in [3.05, 3.63) is 12.7 Å². The lowest BCUT2D eigenvalue weighted by molar-refractivity contribution is 0.0948. The fraction of sp³-hybridized carbons (Fsp3) is 0.778. The van der Waals surface area contributed by atoms with Crippen LogP contribution >= 0.6 is 11.8 Å². The molecule has 1 saturated carbocycles. The molecule has 64 valence electrons. The zero-order valence-electron chi connectivity index (χ0n) is 6.88. The number of hydrogen-bond acceptors (Lipinski definition) is 2. The molecule has 1 aliphatic rings. The lowest BCUT2D eigenvalue weighted by atomic mass is 9.97. The molecule has 1 aliphatic carbocycles. The van der Waals surface area contributed by atoms with E-state index in [0.29, 0.717) is 0 Å². The van der Waals surface area contributed by atoms with Gasteiger partial charge in [-0.2, -0.15) is 0 Å². The molecule has 0 bridgehead atoms. The number of thioether (sulfide) groups is 1. The Labute approximate surface area is 72.9 Å². The van der Waals surface area contributed by atoms with Gasteiger partial charge < -0.3 is 5.11 Å². The normalized spacial score (nSPS) is 23.0. The van der Waals surface area contributed by atoms with E-state index < -0.39 is 4.93 Å². The van der Waals surface area contributed by atoms with Gasteiger partial charge in [-0.15, -0.1) is 18.3 Å². The van der Waals surface area contributed by atoms with Crippen LogP contribution in [-0.4, -0.2) is 15.8 Å². The fourth-order valence-corrected chi connectivity index (χ4v) is 2.47. The molecule has 1 fully saturated rings. The van der Waals surface area contributed by atoms with Crippen LogP contribution in [0.4, 0.5) is 0 Å². The van der Waals surface area contributed by atoms with E-state index in [4.69, 9.17) is 0 Å². The standard InChI is InChI=1S/C9H16OS/c1-2-8-11-9(10)6-4-3-5-7-9/h2,10H,1,3-8H2. The number of rotatable bonds is 3. The van der Waals surface area contributed by atoms with Crippen molar-refractivity contribution >= 4 is 11.8 Å². The fourth-order valence-electron chi connectivity index (χ4n) is 1.46. The molecule has 0 saturated heterocycles. The van der Waals surface area contributed by atoms with Crippen LogP contribution < -0.4 is 0 Å². The van der Waals surface area contributed by atoms with Gasteiger partial charge in [-0.25, -0.2) is 0 Å². The summed E-state index contributed by atoms with van der Waals surface area (Å²) in [4.78, 5) is -0.424. The first-order valence-corrected chi connectivity index (χ1v) is 5.23. The SMILES string of the molecule is C=CCSC1(O)CCCCC1. The van der Waals surface area contributed by atoms with Gasteiger partial charge in [-0.1, -0.05) is 12.5 Å². The van der Waals surface area contributed by atoms with Crippen molar-refractivity contribution in [3.63, 3.8) is 0 Å². The van der Waals surface area contributed by atoms with E-state index in [1.807, 2.05) is 6.08 Å².